The van der Waals surface area contributed by atoms with Crippen LogP contribution < -0.4 is 15.5 Å². The van der Waals surface area contributed by atoms with Gasteiger partial charge in [-0.15, -0.1) is 0 Å². The van der Waals surface area contributed by atoms with Crippen LogP contribution in [0.15, 0.2) is 60.7 Å². The van der Waals surface area contributed by atoms with Crippen molar-refractivity contribution < 1.29 is 19.1 Å². The van der Waals surface area contributed by atoms with E-state index < -0.39 is 24.1 Å². The van der Waals surface area contributed by atoms with E-state index in [1.54, 1.807) is 38.1 Å². The van der Waals surface area contributed by atoms with Gasteiger partial charge in [-0.2, -0.15) is 0 Å². The quantitative estimate of drug-likeness (QED) is 0.485. The fourth-order valence-electron chi connectivity index (χ4n) is 3.31. The molecule has 0 unspecified atom stereocenters. The molecule has 2 N–H and O–H groups in total. The van der Waals surface area contributed by atoms with E-state index in [0.29, 0.717) is 18.7 Å². The Bertz CT molecular complexity index is 873. The standard InChI is InChI=1S/C23H27N3O4/c1-3-30-23(29)20-19(25-20)22(28)26(18-12-8-5-9-13-18)16(2)21(27)24-15-14-17-10-6-4-7-11-17/h4-13,16,19-20,25H,3,14-15H2,1-2H3,(H,24,27)/t16-,19+,20+/m0/s1. The van der Waals surface area contributed by atoms with E-state index in [9.17, 15) is 14.4 Å². The van der Waals surface area contributed by atoms with Gasteiger partial charge in [0.25, 0.3) is 0 Å². The van der Waals surface area contributed by atoms with Gasteiger partial charge in [0.1, 0.15) is 18.1 Å². The van der Waals surface area contributed by atoms with Gasteiger partial charge in [0.05, 0.1) is 6.61 Å². The van der Waals surface area contributed by atoms with Crippen molar-refractivity contribution in [1.29, 1.82) is 0 Å². The van der Waals surface area contributed by atoms with Crippen LogP contribution in [0.5, 0.6) is 0 Å². The third-order valence-electron chi connectivity index (χ3n) is 4.98. The number of para-hydroxylation sites is 1. The smallest absolute Gasteiger partial charge is 0.325 e. The second-order valence-electron chi connectivity index (χ2n) is 7.12. The number of carbonyl (C=O) groups excluding carboxylic acids is 3. The molecule has 158 valence electrons. The van der Waals surface area contributed by atoms with Crippen molar-refractivity contribution in [3.05, 3.63) is 66.2 Å². The molecule has 2 aromatic carbocycles. The van der Waals surface area contributed by atoms with Gasteiger partial charge in [-0.05, 0) is 38.0 Å². The first kappa shape index (κ1) is 21.5. The second-order valence-corrected chi connectivity index (χ2v) is 7.12. The summed E-state index contributed by atoms with van der Waals surface area (Å²) in [7, 11) is 0. The highest BCUT2D eigenvalue weighted by Crippen LogP contribution is 2.23. The van der Waals surface area contributed by atoms with E-state index in [-0.39, 0.29) is 18.4 Å². The molecule has 0 radical (unpaired) electrons. The molecule has 2 amide bonds. The Balaban J connectivity index is 1.67. The molecule has 1 saturated heterocycles. The van der Waals surface area contributed by atoms with Gasteiger partial charge in [-0.3, -0.25) is 24.6 Å². The molecule has 7 heteroatoms. The van der Waals surface area contributed by atoms with Crippen LogP contribution in [0.25, 0.3) is 0 Å². The lowest BCUT2D eigenvalue weighted by atomic mass is 10.1. The maximum atomic E-state index is 13.1. The monoisotopic (exact) mass is 409 g/mol. The van der Waals surface area contributed by atoms with Crippen LogP contribution in [0.4, 0.5) is 5.69 Å². The molecule has 0 spiro atoms. The van der Waals surface area contributed by atoms with Crippen molar-refractivity contribution in [3.8, 4) is 0 Å². The minimum absolute atomic E-state index is 0.251. The van der Waals surface area contributed by atoms with Crippen LogP contribution >= 0.6 is 0 Å². The second kappa shape index (κ2) is 10.0. The van der Waals surface area contributed by atoms with Crippen LogP contribution in [0.1, 0.15) is 19.4 Å². The number of hydrogen-bond donors (Lipinski definition) is 2. The molecule has 1 aliphatic rings. The molecule has 1 heterocycles. The normalized spacial score (nSPS) is 18.2. The van der Waals surface area contributed by atoms with Crippen molar-refractivity contribution in [2.45, 2.75) is 38.4 Å². The summed E-state index contributed by atoms with van der Waals surface area (Å²) in [6.07, 6.45) is 0.702. The molecular formula is C23H27N3O4. The summed E-state index contributed by atoms with van der Waals surface area (Å²) >= 11 is 0. The lowest BCUT2D eigenvalue weighted by Gasteiger charge is -2.28. The minimum atomic E-state index is -0.735. The SMILES string of the molecule is CCOC(=O)[C@@H]1N[C@H]1C(=O)N(c1ccccc1)[C@@H](C)C(=O)NCCc1ccccc1. The molecular weight excluding hydrogens is 382 g/mol. The number of rotatable bonds is 9. The molecule has 0 bridgehead atoms. The van der Waals surface area contributed by atoms with Crippen molar-refractivity contribution >= 4 is 23.5 Å². The lowest BCUT2D eigenvalue weighted by Crippen LogP contribution is -2.50. The molecule has 1 fully saturated rings. The first-order valence-corrected chi connectivity index (χ1v) is 10.2. The first-order valence-electron chi connectivity index (χ1n) is 10.2. The van der Waals surface area contributed by atoms with Gasteiger partial charge in [0, 0.05) is 12.2 Å². The van der Waals surface area contributed by atoms with Crippen molar-refractivity contribution in [1.82, 2.24) is 10.6 Å². The van der Waals surface area contributed by atoms with Crippen molar-refractivity contribution in [2.75, 3.05) is 18.1 Å². The summed E-state index contributed by atoms with van der Waals surface area (Å²) < 4.78 is 4.98. The van der Waals surface area contributed by atoms with Gasteiger partial charge < -0.3 is 10.1 Å². The third kappa shape index (κ3) is 5.24. The van der Waals surface area contributed by atoms with E-state index in [1.165, 1.54) is 4.90 Å². The zero-order valence-corrected chi connectivity index (χ0v) is 17.2. The highest BCUT2D eigenvalue weighted by Gasteiger charge is 2.51. The Morgan fingerprint density at radius 2 is 1.67 bits per heavy atom. The van der Waals surface area contributed by atoms with E-state index >= 15 is 0 Å². The fraction of sp³-hybridized carbons (Fsp3) is 0.348. The zero-order chi connectivity index (χ0) is 21.5. The summed E-state index contributed by atoms with van der Waals surface area (Å²) in [5.41, 5.74) is 1.73. The number of nitrogens with zero attached hydrogens (tertiary/aromatic N) is 1. The summed E-state index contributed by atoms with van der Waals surface area (Å²) in [6, 6.07) is 16.8. The average molecular weight is 409 g/mol. The molecule has 0 aliphatic carbocycles. The minimum Gasteiger partial charge on any atom is -0.465 e. The van der Waals surface area contributed by atoms with Crippen LogP contribution in [0.2, 0.25) is 0 Å². The van der Waals surface area contributed by atoms with Gasteiger partial charge in [-0.25, -0.2) is 0 Å². The molecule has 0 aromatic heterocycles. The van der Waals surface area contributed by atoms with Crippen LogP contribution in [0.3, 0.4) is 0 Å². The predicted molar refractivity (Wildman–Crippen MR) is 114 cm³/mol. The Kier molecular flexibility index (Phi) is 7.19. The molecule has 0 saturated carbocycles. The molecule has 30 heavy (non-hydrogen) atoms. The third-order valence-corrected chi connectivity index (χ3v) is 4.98. The molecule has 3 rings (SSSR count). The number of anilines is 1. The number of carbonyl (C=O) groups is 3. The van der Waals surface area contributed by atoms with Gasteiger partial charge in [0.15, 0.2) is 0 Å². The van der Waals surface area contributed by atoms with Gasteiger partial charge >= 0.3 is 5.97 Å². The number of benzene rings is 2. The van der Waals surface area contributed by atoms with Gasteiger partial charge in [-0.1, -0.05) is 48.5 Å². The van der Waals surface area contributed by atoms with E-state index in [0.717, 1.165) is 5.56 Å². The number of hydrogen-bond acceptors (Lipinski definition) is 5. The van der Waals surface area contributed by atoms with Crippen molar-refractivity contribution in [3.63, 3.8) is 0 Å². The topological polar surface area (TPSA) is 97.7 Å². The first-order chi connectivity index (χ1) is 14.5. The molecule has 7 nitrogen and oxygen atoms in total. The Labute approximate surface area is 176 Å². The number of ether oxygens (including phenoxy) is 1. The van der Waals surface area contributed by atoms with E-state index in [1.807, 2.05) is 36.4 Å². The highest BCUT2D eigenvalue weighted by molar-refractivity contribution is 6.07. The van der Waals surface area contributed by atoms with E-state index in [2.05, 4.69) is 10.6 Å². The predicted octanol–water partition coefficient (Wildman–Crippen LogP) is 1.67. The summed E-state index contributed by atoms with van der Waals surface area (Å²) in [6.45, 7) is 4.12. The summed E-state index contributed by atoms with van der Waals surface area (Å²) in [5, 5.41) is 5.77. The van der Waals surface area contributed by atoms with Crippen LogP contribution in [-0.4, -0.2) is 49.1 Å². The van der Waals surface area contributed by atoms with Gasteiger partial charge in [0.2, 0.25) is 11.8 Å². The summed E-state index contributed by atoms with van der Waals surface area (Å²) in [4.78, 5) is 39.3. The van der Waals surface area contributed by atoms with Crippen molar-refractivity contribution in [2.24, 2.45) is 0 Å². The number of amides is 2. The Morgan fingerprint density at radius 3 is 2.30 bits per heavy atom. The maximum absolute atomic E-state index is 13.1. The fourth-order valence-corrected chi connectivity index (χ4v) is 3.31. The average Bonchev–Trinajstić information content (AvgIpc) is 3.56. The summed E-state index contributed by atoms with van der Waals surface area (Å²) in [5.74, 6) is -1.04. The number of nitrogens with one attached hydrogen (secondary N) is 2. The Morgan fingerprint density at radius 1 is 1.03 bits per heavy atom. The van der Waals surface area contributed by atoms with Crippen LogP contribution in [-0.2, 0) is 25.5 Å². The maximum Gasteiger partial charge on any atom is 0.325 e. The lowest BCUT2D eigenvalue weighted by molar-refractivity contribution is -0.143. The number of esters is 1. The zero-order valence-electron chi connectivity index (χ0n) is 17.2. The largest absolute Gasteiger partial charge is 0.465 e. The Hall–Kier alpha value is -3.19. The van der Waals surface area contributed by atoms with Crippen LogP contribution in [0, 0.1) is 0 Å². The molecule has 1 aliphatic heterocycles. The molecule has 2 aromatic rings. The van der Waals surface area contributed by atoms with E-state index in [4.69, 9.17) is 4.74 Å². The molecule has 3 atom stereocenters. The highest BCUT2D eigenvalue weighted by atomic mass is 16.5.